The van der Waals surface area contributed by atoms with Gasteiger partial charge in [0, 0.05) is 5.56 Å². The Labute approximate surface area is 214 Å². The van der Waals surface area contributed by atoms with Crippen LogP contribution in [0.3, 0.4) is 0 Å². The maximum Gasteiger partial charge on any atom is 0.573 e. The van der Waals surface area contributed by atoms with E-state index in [1.807, 2.05) is 34.2 Å². The Bertz CT molecular complexity index is 1170. The lowest BCUT2D eigenvalue weighted by atomic mass is 9.91. The molecular formula is C22H23F3INO7S. The van der Waals surface area contributed by atoms with Gasteiger partial charge >= 0.3 is 12.3 Å². The molecule has 0 heterocycles. The Kier molecular flexibility index (Phi) is 9.39. The van der Waals surface area contributed by atoms with Crippen LogP contribution >= 0.6 is 22.6 Å². The van der Waals surface area contributed by atoms with Gasteiger partial charge in [-0.1, -0.05) is 6.92 Å². The van der Waals surface area contributed by atoms with E-state index in [1.54, 1.807) is 13.8 Å². The van der Waals surface area contributed by atoms with Crippen molar-refractivity contribution in [3.63, 3.8) is 0 Å². The van der Waals surface area contributed by atoms with E-state index in [0.29, 0.717) is 15.7 Å². The summed E-state index contributed by atoms with van der Waals surface area (Å²) >= 11 is 1.90. The molecule has 0 aliphatic rings. The van der Waals surface area contributed by atoms with Crippen LogP contribution in [0.5, 0.6) is 11.5 Å². The highest BCUT2D eigenvalue weighted by molar-refractivity contribution is 14.1. The molecule has 0 fully saturated rings. The summed E-state index contributed by atoms with van der Waals surface area (Å²) in [6.45, 7) is 5.55. The van der Waals surface area contributed by atoms with Gasteiger partial charge < -0.3 is 14.2 Å². The number of benzene rings is 2. The molecule has 0 unspecified atom stereocenters. The lowest BCUT2D eigenvalue weighted by Crippen LogP contribution is -2.30. The van der Waals surface area contributed by atoms with E-state index in [9.17, 15) is 31.2 Å². The van der Waals surface area contributed by atoms with Crippen LogP contribution in [0.25, 0.3) is 0 Å². The fourth-order valence-electron chi connectivity index (χ4n) is 2.45. The molecule has 8 nitrogen and oxygen atoms in total. The fourth-order valence-corrected chi connectivity index (χ4v) is 4.09. The van der Waals surface area contributed by atoms with Crippen molar-refractivity contribution in [2.45, 2.75) is 38.4 Å². The Hall–Kier alpha value is -2.55. The third-order valence-corrected chi connectivity index (χ3v) is 6.99. The molecular weight excluding hydrogens is 606 g/mol. The van der Waals surface area contributed by atoms with Crippen LogP contribution < -0.4 is 14.2 Å². The minimum atomic E-state index is -4.92. The highest BCUT2D eigenvalue weighted by Crippen LogP contribution is 2.25. The van der Waals surface area contributed by atoms with Gasteiger partial charge in [-0.2, -0.15) is 0 Å². The number of hydrogen-bond acceptors (Lipinski definition) is 7. The summed E-state index contributed by atoms with van der Waals surface area (Å²) in [5, 5.41) is 0. The summed E-state index contributed by atoms with van der Waals surface area (Å²) < 4.78 is 78.4. The second-order valence-electron chi connectivity index (χ2n) is 7.82. The Morgan fingerprint density at radius 3 is 2.20 bits per heavy atom. The first kappa shape index (κ1) is 28.7. The van der Waals surface area contributed by atoms with Crippen LogP contribution in [0.2, 0.25) is 0 Å². The predicted octanol–water partition coefficient (Wildman–Crippen LogP) is 4.67. The van der Waals surface area contributed by atoms with Gasteiger partial charge in [-0.05, 0) is 85.3 Å². The minimum Gasteiger partial charge on any atom is -0.489 e. The van der Waals surface area contributed by atoms with Gasteiger partial charge in [0.15, 0.2) is 0 Å². The van der Waals surface area contributed by atoms with Gasteiger partial charge in [-0.15, -0.1) is 13.2 Å². The number of halogens is 4. The number of esters is 1. The molecule has 0 saturated heterocycles. The highest BCUT2D eigenvalue weighted by Gasteiger charge is 2.31. The molecule has 0 bridgehead atoms. The van der Waals surface area contributed by atoms with Crippen LogP contribution in [-0.4, -0.2) is 39.9 Å². The number of ether oxygens (including phenoxy) is 3. The largest absolute Gasteiger partial charge is 0.573 e. The molecule has 2 rings (SSSR count). The average Bonchev–Trinajstić information content (AvgIpc) is 2.76. The molecule has 2 aromatic carbocycles. The van der Waals surface area contributed by atoms with Crippen LogP contribution in [-0.2, 0) is 19.6 Å². The van der Waals surface area contributed by atoms with Crippen molar-refractivity contribution < 1.29 is 45.4 Å². The third kappa shape index (κ3) is 8.56. The molecule has 0 saturated carbocycles. The van der Waals surface area contributed by atoms with Crippen molar-refractivity contribution >= 4 is 44.5 Å². The zero-order valence-corrected chi connectivity index (χ0v) is 21.9. The summed E-state index contributed by atoms with van der Waals surface area (Å²) in [6.07, 6.45) is -4.29. The zero-order chi connectivity index (χ0) is 26.4. The molecule has 0 radical (unpaired) electrons. The number of sulfonamides is 1. The summed E-state index contributed by atoms with van der Waals surface area (Å²) in [4.78, 5) is 24.0. The maximum absolute atomic E-state index is 12.4. The Morgan fingerprint density at radius 2 is 1.66 bits per heavy atom. The molecule has 0 spiro atoms. The van der Waals surface area contributed by atoms with E-state index >= 15 is 0 Å². The monoisotopic (exact) mass is 629 g/mol. The number of hydrogen-bond donors (Lipinski definition) is 1. The topological polar surface area (TPSA) is 108 Å². The van der Waals surface area contributed by atoms with Crippen molar-refractivity contribution in [1.29, 1.82) is 0 Å². The summed E-state index contributed by atoms with van der Waals surface area (Å²) in [7, 11) is -4.35. The van der Waals surface area contributed by atoms with E-state index < -0.39 is 38.4 Å². The molecule has 1 N–H and O–H groups in total. The number of nitrogens with one attached hydrogen (secondary N) is 1. The van der Waals surface area contributed by atoms with Crippen molar-refractivity contribution in [3.05, 3.63) is 51.6 Å². The van der Waals surface area contributed by atoms with Crippen LogP contribution in [0, 0.1) is 8.99 Å². The van der Waals surface area contributed by atoms with Crippen LogP contribution in [0.15, 0.2) is 47.4 Å². The van der Waals surface area contributed by atoms with Gasteiger partial charge in [0.25, 0.3) is 15.9 Å². The summed E-state index contributed by atoms with van der Waals surface area (Å²) in [5.41, 5.74) is -0.582. The Morgan fingerprint density at radius 1 is 1.03 bits per heavy atom. The molecule has 0 aromatic heterocycles. The first-order chi connectivity index (χ1) is 16.1. The minimum absolute atomic E-state index is 0.0125. The SMILES string of the molecule is CCC(C)(C)C(=O)OCCOc1ccc(C(=O)NS(=O)(=O)c2ccc(OC(F)(F)F)cc2)cc1I. The first-order valence-corrected chi connectivity index (χ1v) is 12.7. The average molecular weight is 629 g/mol. The quantitative estimate of drug-likeness (QED) is 0.231. The van der Waals surface area contributed by atoms with Gasteiger partial charge in [0.1, 0.15) is 24.7 Å². The molecule has 2 aromatic rings. The predicted molar refractivity (Wildman–Crippen MR) is 127 cm³/mol. The van der Waals surface area contributed by atoms with Crippen molar-refractivity contribution in [2.24, 2.45) is 5.41 Å². The van der Waals surface area contributed by atoms with Crippen molar-refractivity contribution in [1.82, 2.24) is 4.72 Å². The second-order valence-corrected chi connectivity index (χ2v) is 10.7. The molecule has 0 aliphatic heterocycles. The van der Waals surface area contributed by atoms with Crippen molar-refractivity contribution in [2.75, 3.05) is 13.2 Å². The number of rotatable bonds is 10. The van der Waals surface area contributed by atoms with E-state index in [1.165, 1.54) is 18.2 Å². The molecule has 0 atom stereocenters. The van der Waals surface area contributed by atoms with Gasteiger partial charge in [0.2, 0.25) is 0 Å². The highest BCUT2D eigenvalue weighted by atomic mass is 127. The standard InChI is InChI=1S/C22H23F3INO7S/c1-4-21(2,3)20(29)33-12-11-32-18-10-5-14(13-17(18)26)19(28)27-35(30,31)16-8-6-15(7-9-16)34-22(23,24)25/h5-10,13H,4,11-12H2,1-3H3,(H,27,28). The first-order valence-electron chi connectivity index (χ1n) is 10.2. The van der Waals surface area contributed by atoms with Crippen LogP contribution in [0.4, 0.5) is 13.2 Å². The molecule has 1 amide bonds. The molecule has 13 heteroatoms. The van der Waals surface area contributed by atoms with Crippen molar-refractivity contribution in [3.8, 4) is 11.5 Å². The van der Waals surface area contributed by atoms with Crippen LogP contribution in [0.1, 0.15) is 37.6 Å². The number of alkyl halides is 3. The molecule has 0 aliphatic carbocycles. The second kappa shape index (κ2) is 11.5. The van der Waals surface area contributed by atoms with E-state index in [2.05, 4.69) is 4.74 Å². The lowest BCUT2D eigenvalue weighted by Gasteiger charge is -2.20. The fraction of sp³-hybridized carbons (Fsp3) is 0.364. The number of amides is 1. The van der Waals surface area contributed by atoms with E-state index in [0.717, 1.165) is 24.3 Å². The molecule has 192 valence electrons. The third-order valence-electron chi connectivity index (χ3n) is 4.80. The number of carbonyl (C=O) groups excluding carboxylic acids is 2. The normalized spacial score (nSPS) is 12.1. The number of carbonyl (C=O) groups is 2. The smallest absolute Gasteiger partial charge is 0.489 e. The zero-order valence-electron chi connectivity index (χ0n) is 18.9. The van der Waals surface area contributed by atoms with E-state index in [-0.39, 0.29) is 24.7 Å². The van der Waals surface area contributed by atoms with Gasteiger partial charge in [0.05, 0.1) is 13.9 Å². The summed E-state index contributed by atoms with van der Waals surface area (Å²) in [5.74, 6) is -1.48. The summed E-state index contributed by atoms with van der Waals surface area (Å²) in [6, 6.07) is 7.61. The van der Waals surface area contributed by atoms with Gasteiger partial charge in [-0.25, -0.2) is 13.1 Å². The molecule has 35 heavy (non-hydrogen) atoms. The Balaban J connectivity index is 1.98. The van der Waals surface area contributed by atoms with Gasteiger partial charge in [-0.3, -0.25) is 9.59 Å². The van der Waals surface area contributed by atoms with E-state index in [4.69, 9.17) is 9.47 Å². The maximum atomic E-state index is 12.4. The lowest BCUT2D eigenvalue weighted by molar-refractivity contribution is -0.274.